The summed E-state index contributed by atoms with van der Waals surface area (Å²) in [6, 6.07) is 3.36. The third-order valence-electron chi connectivity index (χ3n) is 3.41. The minimum atomic E-state index is -4.52. The van der Waals surface area contributed by atoms with Gasteiger partial charge in [-0.1, -0.05) is 13.0 Å². The van der Waals surface area contributed by atoms with Gasteiger partial charge in [0.25, 0.3) is 0 Å². The number of carbonyl (C=O) groups is 1. The zero-order valence-electron chi connectivity index (χ0n) is 13.7. The number of ether oxygens (including phenoxy) is 1. The van der Waals surface area contributed by atoms with Gasteiger partial charge in [0.05, 0.1) is 11.7 Å². The molecule has 0 aliphatic rings. The van der Waals surface area contributed by atoms with Crippen molar-refractivity contribution in [3.05, 3.63) is 29.3 Å². The molecule has 4 nitrogen and oxygen atoms in total. The van der Waals surface area contributed by atoms with Gasteiger partial charge in [0.2, 0.25) is 5.91 Å². The standard InChI is InChI=1S/C16H23F3N2O2/c1-9(2)23-13-6-5-12(14(7-13)16(17,18)19)8-21-15(22)10(3)11(4)20/h5-7,9-11H,8,20H2,1-4H3,(H,21,22). The SMILES string of the molecule is CC(C)Oc1ccc(CNC(=O)C(C)C(C)N)c(C(F)(F)F)c1. The number of rotatable bonds is 6. The molecule has 1 aromatic rings. The van der Waals surface area contributed by atoms with Crippen LogP contribution in [-0.2, 0) is 17.5 Å². The molecule has 130 valence electrons. The van der Waals surface area contributed by atoms with Crippen molar-refractivity contribution < 1.29 is 22.7 Å². The van der Waals surface area contributed by atoms with E-state index in [9.17, 15) is 18.0 Å². The van der Waals surface area contributed by atoms with Crippen LogP contribution >= 0.6 is 0 Å². The van der Waals surface area contributed by atoms with Gasteiger partial charge >= 0.3 is 6.18 Å². The van der Waals surface area contributed by atoms with Gasteiger partial charge in [0, 0.05) is 18.5 Å². The van der Waals surface area contributed by atoms with E-state index in [1.54, 1.807) is 27.7 Å². The van der Waals surface area contributed by atoms with Gasteiger partial charge in [-0.15, -0.1) is 0 Å². The maximum atomic E-state index is 13.2. The summed E-state index contributed by atoms with van der Waals surface area (Å²) >= 11 is 0. The van der Waals surface area contributed by atoms with Gasteiger partial charge in [-0.2, -0.15) is 13.2 Å². The van der Waals surface area contributed by atoms with Crippen molar-refractivity contribution >= 4 is 5.91 Å². The molecule has 2 unspecified atom stereocenters. The van der Waals surface area contributed by atoms with E-state index in [4.69, 9.17) is 10.5 Å². The topological polar surface area (TPSA) is 64.3 Å². The first kappa shape index (κ1) is 19.3. The van der Waals surface area contributed by atoms with E-state index in [2.05, 4.69) is 5.32 Å². The molecule has 0 spiro atoms. The van der Waals surface area contributed by atoms with Crippen LogP contribution in [0.3, 0.4) is 0 Å². The van der Waals surface area contributed by atoms with Crippen LogP contribution in [0.15, 0.2) is 18.2 Å². The molecule has 0 aromatic heterocycles. The molecule has 0 aliphatic heterocycles. The summed E-state index contributed by atoms with van der Waals surface area (Å²) in [4.78, 5) is 11.8. The van der Waals surface area contributed by atoms with Crippen molar-refractivity contribution in [1.82, 2.24) is 5.32 Å². The van der Waals surface area contributed by atoms with E-state index in [0.29, 0.717) is 0 Å². The Labute approximate surface area is 134 Å². The maximum absolute atomic E-state index is 13.2. The smallest absolute Gasteiger partial charge is 0.416 e. The molecule has 1 aromatic carbocycles. The van der Waals surface area contributed by atoms with E-state index in [0.717, 1.165) is 6.07 Å². The molecular formula is C16H23F3N2O2. The van der Waals surface area contributed by atoms with Crippen LogP contribution < -0.4 is 15.8 Å². The molecule has 0 heterocycles. The highest BCUT2D eigenvalue weighted by Crippen LogP contribution is 2.34. The van der Waals surface area contributed by atoms with Crippen LogP contribution in [-0.4, -0.2) is 18.1 Å². The molecule has 1 rings (SSSR count). The number of nitrogens with one attached hydrogen (secondary N) is 1. The highest BCUT2D eigenvalue weighted by atomic mass is 19.4. The van der Waals surface area contributed by atoms with Gasteiger partial charge in [-0.3, -0.25) is 4.79 Å². The molecule has 0 radical (unpaired) electrons. The minimum Gasteiger partial charge on any atom is -0.491 e. The van der Waals surface area contributed by atoms with Gasteiger partial charge in [0.15, 0.2) is 0 Å². The van der Waals surface area contributed by atoms with Crippen LogP contribution in [0.1, 0.15) is 38.8 Å². The Hall–Kier alpha value is -1.76. The fraction of sp³-hybridized carbons (Fsp3) is 0.562. The van der Waals surface area contributed by atoms with Crippen LogP contribution in [0.25, 0.3) is 0 Å². The van der Waals surface area contributed by atoms with E-state index >= 15 is 0 Å². The normalized spacial score (nSPS) is 14.5. The van der Waals surface area contributed by atoms with E-state index in [-0.39, 0.29) is 35.9 Å². The number of carbonyl (C=O) groups excluding carboxylic acids is 1. The second kappa shape index (κ2) is 7.68. The van der Waals surface area contributed by atoms with Crippen molar-refractivity contribution in [3.63, 3.8) is 0 Å². The Morgan fingerprint density at radius 1 is 1.26 bits per heavy atom. The molecule has 23 heavy (non-hydrogen) atoms. The minimum absolute atomic E-state index is 0.0150. The van der Waals surface area contributed by atoms with Gasteiger partial charge < -0.3 is 15.8 Å². The average molecular weight is 332 g/mol. The van der Waals surface area contributed by atoms with Crippen LogP contribution in [0.2, 0.25) is 0 Å². The third-order valence-corrected chi connectivity index (χ3v) is 3.41. The van der Waals surface area contributed by atoms with Gasteiger partial charge in [0.1, 0.15) is 5.75 Å². The highest BCUT2D eigenvalue weighted by Gasteiger charge is 2.34. The average Bonchev–Trinajstić information content (AvgIpc) is 2.42. The molecule has 3 N–H and O–H groups in total. The summed E-state index contributed by atoms with van der Waals surface area (Å²) in [6.45, 7) is 6.55. The van der Waals surface area contributed by atoms with Crippen molar-refractivity contribution in [2.24, 2.45) is 11.7 Å². The molecular weight excluding hydrogens is 309 g/mol. The maximum Gasteiger partial charge on any atom is 0.416 e. The molecule has 0 aliphatic carbocycles. The van der Waals surface area contributed by atoms with Crippen molar-refractivity contribution in [3.8, 4) is 5.75 Å². The summed E-state index contributed by atoms with van der Waals surface area (Å²) in [6.07, 6.45) is -4.75. The van der Waals surface area contributed by atoms with Gasteiger partial charge in [-0.05, 0) is 38.5 Å². The van der Waals surface area contributed by atoms with Crippen LogP contribution in [0.5, 0.6) is 5.75 Å². The Balaban J connectivity index is 2.95. The van der Waals surface area contributed by atoms with E-state index < -0.39 is 17.7 Å². The predicted octanol–water partition coefficient (Wildman–Crippen LogP) is 3.09. The highest BCUT2D eigenvalue weighted by molar-refractivity contribution is 5.78. The number of amides is 1. The lowest BCUT2D eigenvalue weighted by Crippen LogP contribution is -2.38. The van der Waals surface area contributed by atoms with E-state index in [1.165, 1.54) is 12.1 Å². The number of nitrogens with two attached hydrogens (primary N) is 1. The monoisotopic (exact) mass is 332 g/mol. The fourth-order valence-corrected chi connectivity index (χ4v) is 1.90. The summed E-state index contributed by atoms with van der Waals surface area (Å²) in [5, 5.41) is 2.49. The van der Waals surface area contributed by atoms with Crippen molar-refractivity contribution in [2.45, 2.75) is 52.6 Å². The number of benzene rings is 1. The summed E-state index contributed by atoms with van der Waals surface area (Å²) in [5.74, 6) is -0.713. The zero-order valence-corrected chi connectivity index (χ0v) is 13.7. The lowest BCUT2D eigenvalue weighted by Gasteiger charge is -2.19. The summed E-state index contributed by atoms with van der Waals surface area (Å²) in [7, 11) is 0. The first-order valence-electron chi connectivity index (χ1n) is 7.42. The number of alkyl halides is 3. The quantitative estimate of drug-likeness (QED) is 0.841. The molecule has 2 atom stereocenters. The molecule has 0 fully saturated rings. The second-order valence-corrected chi connectivity index (χ2v) is 5.85. The first-order chi connectivity index (χ1) is 10.5. The Bertz CT molecular complexity index is 543. The molecule has 7 heteroatoms. The summed E-state index contributed by atoms with van der Waals surface area (Å²) < 4.78 is 44.9. The van der Waals surface area contributed by atoms with Gasteiger partial charge in [-0.25, -0.2) is 0 Å². The molecule has 0 bridgehead atoms. The van der Waals surface area contributed by atoms with Crippen molar-refractivity contribution in [2.75, 3.05) is 0 Å². The largest absolute Gasteiger partial charge is 0.491 e. The van der Waals surface area contributed by atoms with E-state index in [1.807, 2.05) is 0 Å². The summed E-state index contributed by atoms with van der Waals surface area (Å²) in [5.41, 5.74) is 4.78. The van der Waals surface area contributed by atoms with Crippen molar-refractivity contribution in [1.29, 1.82) is 0 Å². The Morgan fingerprint density at radius 3 is 2.35 bits per heavy atom. The number of halogens is 3. The Morgan fingerprint density at radius 2 is 1.87 bits per heavy atom. The molecule has 0 saturated carbocycles. The second-order valence-electron chi connectivity index (χ2n) is 5.85. The zero-order chi connectivity index (χ0) is 17.8. The first-order valence-corrected chi connectivity index (χ1v) is 7.42. The molecule has 1 amide bonds. The predicted molar refractivity (Wildman–Crippen MR) is 81.9 cm³/mol. The lowest BCUT2D eigenvalue weighted by molar-refractivity contribution is -0.138. The van der Waals surface area contributed by atoms with Crippen LogP contribution in [0.4, 0.5) is 13.2 Å². The van der Waals surface area contributed by atoms with Crippen LogP contribution in [0, 0.1) is 5.92 Å². The lowest BCUT2D eigenvalue weighted by atomic mass is 10.0. The fourth-order valence-electron chi connectivity index (χ4n) is 1.90. The Kier molecular flexibility index (Phi) is 6.44. The third kappa shape index (κ3) is 5.74. The number of hydrogen-bond acceptors (Lipinski definition) is 3. The molecule has 0 saturated heterocycles. The number of hydrogen-bond donors (Lipinski definition) is 2.